The molecule has 0 saturated heterocycles. The van der Waals surface area contributed by atoms with Crippen molar-refractivity contribution in [3.63, 3.8) is 0 Å². The van der Waals surface area contributed by atoms with Crippen molar-refractivity contribution < 1.29 is 19.4 Å². The normalized spacial score (nSPS) is 15.2. The Labute approximate surface area is 182 Å². The molecule has 1 amide bonds. The third-order valence-corrected chi connectivity index (χ3v) is 6.43. The Kier molecular flexibility index (Phi) is 5.61. The molecule has 0 saturated carbocycles. The molecule has 3 aromatic rings. The average Bonchev–Trinajstić information content (AvgIpc) is 3.12. The molecule has 1 unspecified atom stereocenters. The first-order valence-corrected chi connectivity index (χ1v) is 10.5. The van der Waals surface area contributed by atoms with Crippen molar-refractivity contribution in [3.8, 4) is 16.9 Å². The summed E-state index contributed by atoms with van der Waals surface area (Å²) in [5.74, 6) is -0.861. The molecule has 1 aliphatic rings. The van der Waals surface area contributed by atoms with E-state index in [0.717, 1.165) is 10.4 Å². The quantitative estimate of drug-likeness (QED) is 0.475. The lowest BCUT2D eigenvalue weighted by Crippen LogP contribution is -2.22. The predicted octanol–water partition coefficient (Wildman–Crippen LogP) is 5.81. The number of nitrogens with one attached hydrogen (secondary N) is 1. The van der Waals surface area contributed by atoms with E-state index in [-0.39, 0.29) is 23.1 Å². The number of aromatic carboxylic acids is 1. The minimum Gasteiger partial charge on any atom is -0.489 e. The lowest BCUT2D eigenvalue weighted by molar-refractivity contribution is -0.116. The summed E-state index contributed by atoms with van der Waals surface area (Å²) in [5.41, 5.74) is 2.57. The number of carbonyl (C=O) groups is 2. The number of hydrogen-bond acceptors (Lipinski definition) is 4. The van der Waals surface area contributed by atoms with Gasteiger partial charge in [-0.05, 0) is 23.8 Å². The minimum absolute atomic E-state index is 0.170. The number of para-hydroxylation sites is 1. The second kappa shape index (κ2) is 8.34. The van der Waals surface area contributed by atoms with Crippen LogP contribution in [-0.4, -0.2) is 23.6 Å². The first-order valence-electron chi connectivity index (χ1n) is 9.28. The summed E-state index contributed by atoms with van der Waals surface area (Å²) in [4.78, 5) is 25.6. The van der Waals surface area contributed by atoms with Gasteiger partial charge in [-0.1, -0.05) is 54.6 Å². The number of carboxylic acids is 1. The molecule has 1 aromatic heterocycles. The highest BCUT2D eigenvalue weighted by Crippen LogP contribution is 2.50. The summed E-state index contributed by atoms with van der Waals surface area (Å²) in [6.07, 6.45) is 1.86. The van der Waals surface area contributed by atoms with Gasteiger partial charge in [-0.15, -0.1) is 11.3 Å². The monoisotopic (exact) mass is 439 g/mol. The third kappa shape index (κ3) is 3.72. The van der Waals surface area contributed by atoms with E-state index < -0.39 is 5.97 Å². The minimum atomic E-state index is -1.04. The largest absolute Gasteiger partial charge is 0.489 e. The van der Waals surface area contributed by atoms with Crippen molar-refractivity contribution in [3.05, 3.63) is 81.5 Å². The zero-order valence-electron chi connectivity index (χ0n) is 15.9. The van der Waals surface area contributed by atoms with Crippen molar-refractivity contribution >= 4 is 40.5 Å². The lowest BCUT2D eigenvalue weighted by atomic mass is 9.88. The van der Waals surface area contributed by atoms with Crippen LogP contribution < -0.4 is 10.1 Å². The van der Waals surface area contributed by atoms with Gasteiger partial charge in [-0.25, -0.2) is 4.79 Å². The van der Waals surface area contributed by atoms with Gasteiger partial charge in [0.15, 0.2) is 0 Å². The maximum absolute atomic E-state index is 12.6. The molecule has 2 aromatic carbocycles. The lowest BCUT2D eigenvalue weighted by Gasteiger charge is -2.25. The van der Waals surface area contributed by atoms with Crippen LogP contribution in [0.2, 0.25) is 5.02 Å². The molecule has 0 aliphatic carbocycles. The molecular formula is C23H18ClNO4S. The Balaban J connectivity index is 1.90. The van der Waals surface area contributed by atoms with Crippen molar-refractivity contribution in [1.82, 2.24) is 0 Å². The molecule has 1 aliphatic heterocycles. The maximum Gasteiger partial charge on any atom is 0.346 e. The molecule has 4 rings (SSSR count). The molecule has 152 valence electrons. The number of carboxylic acid groups (broad SMARTS) is 1. The number of ether oxygens (including phenoxy) is 1. The van der Waals surface area contributed by atoms with E-state index in [0.29, 0.717) is 34.2 Å². The van der Waals surface area contributed by atoms with E-state index in [1.54, 1.807) is 30.3 Å². The van der Waals surface area contributed by atoms with Crippen molar-refractivity contribution in [2.24, 2.45) is 0 Å². The first kappa shape index (κ1) is 20.2. The predicted molar refractivity (Wildman–Crippen MR) is 119 cm³/mol. The number of rotatable bonds is 6. The summed E-state index contributed by atoms with van der Waals surface area (Å²) in [7, 11) is 0. The van der Waals surface area contributed by atoms with Gasteiger partial charge in [-0.3, -0.25) is 4.79 Å². The first-order chi connectivity index (χ1) is 14.5. The molecule has 2 N–H and O–H groups in total. The topological polar surface area (TPSA) is 75.6 Å². The molecule has 30 heavy (non-hydrogen) atoms. The fourth-order valence-electron chi connectivity index (χ4n) is 3.63. The van der Waals surface area contributed by atoms with Crippen LogP contribution in [0.25, 0.3) is 11.1 Å². The van der Waals surface area contributed by atoms with E-state index in [2.05, 4.69) is 11.9 Å². The van der Waals surface area contributed by atoms with Crippen LogP contribution >= 0.6 is 22.9 Å². The molecule has 0 radical (unpaired) electrons. The summed E-state index contributed by atoms with van der Waals surface area (Å²) < 4.78 is 5.80. The molecule has 0 fully saturated rings. The van der Waals surface area contributed by atoms with Gasteiger partial charge in [0.25, 0.3) is 0 Å². The Hall–Kier alpha value is -3.09. The average molecular weight is 440 g/mol. The molecule has 0 spiro atoms. The van der Waals surface area contributed by atoms with Crippen LogP contribution in [0.3, 0.4) is 0 Å². The highest BCUT2D eigenvalue weighted by atomic mass is 35.5. The number of thiophene rings is 1. The van der Waals surface area contributed by atoms with Crippen LogP contribution in [0.4, 0.5) is 5.69 Å². The maximum atomic E-state index is 12.6. The van der Waals surface area contributed by atoms with E-state index in [1.165, 1.54) is 11.3 Å². The van der Waals surface area contributed by atoms with Crippen LogP contribution in [0.5, 0.6) is 5.75 Å². The van der Waals surface area contributed by atoms with E-state index in [4.69, 9.17) is 16.3 Å². The fraction of sp³-hybridized carbons (Fsp3) is 0.130. The van der Waals surface area contributed by atoms with Crippen molar-refractivity contribution in [2.45, 2.75) is 12.3 Å². The fourth-order valence-corrected chi connectivity index (χ4v) is 4.99. The number of anilines is 1. The molecule has 2 heterocycles. The molecule has 1 atom stereocenters. The SMILES string of the molecule is C=CCOc1ccccc1C1CC(=O)Nc2c1sc(C(=O)O)c2-c1ccc(Cl)cc1. The zero-order valence-corrected chi connectivity index (χ0v) is 17.4. The second-order valence-electron chi connectivity index (χ2n) is 6.80. The molecule has 7 heteroatoms. The number of benzene rings is 2. The smallest absolute Gasteiger partial charge is 0.346 e. The van der Waals surface area contributed by atoms with Gasteiger partial charge in [-0.2, -0.15) is 0 Å². The van der Waals surface area contributed by atoms with Gasteiger partial charge in [0.1, 0.15) is 17.2 Å². The Morgan fingerprint density at radius 3 is 2.70 bits per heavy atom. The number of halogens is 1. The summed E-state index contributed by atoms with van der Waals surface area (Å²) >= 11 is 7.18. The molecular weight excluding hydrogens is 422 g/mol. The molecule has 5 nitrogen and oxygen atoms in total. The highest BCUT2D eigenvalue weighted by molar-refractivity contribution is 7.15. The van der Waals surface area contributed by atoms with Crippen molar-refractivity contribution in [2.75, 3.05) is 11.9 Å². The summed E-state index contributed by atoms with van der Waals surface area (Å²) in [6, 6.07) is 14.4. The Bertz CT molecular complexity index is 1140. The Morgan fingerprint density at radius 2 is 2.00 bits per heavy atom. The van der Waals surface area contributed by atoms with Gasteiger partial charge in [0.05, 0.1) is 5.69 Å². The van der Waals surface area contributed by atoms with Crippen LogP contribution in [0.1, 0.15) is 32.5 Å². The van der Waals surface area contributed by atoms with Gasteiger partial charge < -0.3 is 15.2 Å². The van der Waals surface area contributed by atoms with Crippen LogP contribution in [0.15, 0.2) is 61.2 Å². The van der Waals surface area contributed by atoms with E-state index in [1.807, 2.05) is 24.3 Å². The molecule has 0 bridgehead atoms. The van der Waals surface area contributed by atoms with E-state index >= 15 is 0 Å². The zero-order chi connectivity index (χ0) is 21.3. The van der Waals surface area contributed by atoms with Crippen molar-refractivity contribution in [1.29, 1.82) is 0 Å². The number of amides is 1. The summed E-state index contributed by atoms with van der Waals surface area (Å²) in [6.45, 7) is 4.02. The highest BCUT2D eigenvalue weighted by Gasteiger charge is 2.35. The number of carbonyl (C=O) groups excluding carboxylic acids is 1. The third-order valence-electron chi connectivity index (χ3n) is 4.88. The number of fused-ring (bicyclic) bond motifs is 1. The van der Waals surface area contributed by atoms with Gasteiger partial charge >= 0.3 is 5.97 Å². The number of hydrogen-bond donors (Lipinski definition) is 2. The standard InChI is InChI=1S/C23H18ClNO4S/c1-2-11-29-17-6-4-3-5-15(17)16-12-18(26)25-20-19(13-7-9-14(24)10-8-13)22(23(27)28)30-21(16)20/h2-10,16H,1,11-12H2,(H,25,26)(H,27,28). The van der Waals surface area contributed by atoms with E-state index in [9.17, 15) is 14.7 Å². The van der Waals surface area contributed by atoms with Crippen LogP contribution in [-0.2, 0) is 4.79 Å². The second-order valence-corrected chi connectivity index (χ2v) is 8.29. The van der Waals surface area contributed by atoms with Gasteiger partial charge in [0.2, 0.25) is 5.91 Å². The van der Waals surface area contributed by atoms with Gasteiger partial charge in [0, 0.05) is 33.4 Å². The van der Waals surface area contributed by atoms with Crippen LogP contribution in [0, 0.1) is 0 Å². The Morgan fingerprint density at radius 1 is 1.27 bits per heavy atom. The summed E-state index contributed by atoms with van der Waals surface area (Å²) in [5, 5.41) is 13.3.